The Balaban J connectivity index is 2.87. The highest BCUT2D eigenvalue weighted by molar-refractivity contribution is 5.85. The molecule has 17 heavy (non-hydrogen) atoms. The highest BCUT2D eigenvalue weighted by Gasteiger charge is 2.61. The van der Waals surface area contributed by atoms with Crippen LogP contribution in [-0.2, 0) is 9.53 Å². The number of halogens is 6. The number of ketones is 1. The van der Waals surface area contributed by atoms with Gasteiger partial charge in [0.1, 0.15) is 0 Å². The largest absolute Gasteiger partial charge is 0.407 e. The number of Topliss-reactive ketones (excluding diaryl/α,β-unsaturated/α-hetero) is 1. The molecular weight excluding hydrogens is 254 g/mol. The van der Waals surface area contributed by atoms with E-state index in [0.29, 0.717) is 0 Å². The summed E-state index contributed by atoms with van der Waals surface area (Å²) in [6.45, 7) is 0.0255. The zero-order chi connectivity index (χ0) is 13.3. The molecule has 1 fully saturated rings. The minimum Gasteiger partial charge on any atom is -0.381 e. The fourth-order valence-electron chi connectivity index (χ4n) is 1.73. The van der Waals surface area contributed by atoms with Crippen LogP contribution in [0.1, 0.15) is 12.8 Å². The quantitative estimate of drug-likeness (QED) is 0.717. The van der Waals surface area contributed by atoms with Crippen molar-refractivity contribution >= 4 is 5.78 Å². The summed E-state index contributed by atoms with van der Waals surface area (Å²) in [6, 6.07) is 0. The Labute approximate surface area is 92.9 Å². The predicted molar refractivity (Wildman–Crippen MR) is 44.2 cm³/mol. The first-order valence-corrected chi connectivity index (χ1v) is 4.89. The van der Waals surface area contributed by atoms with Crippen molar-refractivity contribution in [2.75, 3.05) is 13.2 Å². The maximum absolute atomic E-state index is 12.2. The van der Waals surface area contributed by atoms with Gasteiger partial charge in [-0.05, 0) is 12.8 Å². The Hall–Kier alpha value is -0.790. The van der Waals surface area contributed by atoms with Gasteiger partial charge < -0.3 is 4.74 Å². The van der Waals surface area contributed by atoms with E-state index < -0.39 is 30.0 Å². The smallest absolute Gasteiger partial charge is 0.381 e. The van der Waals surface area contributed by atoms with Gasteiger partial charge in [-0.15, -0.1) is 0 Å². The van der Waals surface area contributed by atoms with Crippen LogP contribution in [0.15, 0.2) is 0 Å². The third-order valence-electron chi connectivity index (χ3n) is 2.56. The van der Waals surface area contributed by atoms with Gasteiger partial charge in [0.2, 0.25) is 5.92 Å². The number of alkyl halides is 6. The molecule has 8 heteroatoms. The predicted octanol–water partition coefficient (Wildman–Crippen LogP) is 2.72. The van der Waals surface area contributed by atoms with Crippen LogP contribution in [0.3, 0.4) is 0 Å². The van der Waals surface area contributed by atoms with Crippen molar-refractivity contribution < 1.29 is 35.9 Å². The molecule has 0 aromatic carbocycles. The molecule has 1 aliphatic rings. The van der Waals surface area contributed by atoms with Crippen molar-refractivity contribution in [3.05, 3.63) is 0 Å². The Morgan fingerprint density at radius 3 is 1.76 bits per heavy atom. The molecule has 2 nitrogen and oxygen atoms in total. The topological polar surface area (TPSA) is 26.3 Å². The standard InChI is InChI=1S/C9H10F6O2/c10-8(11,12)7(9(13,14)15)6(16)5-1-3-17-4-2-5/h5,7H,1-4H2. The Bertz CT molecular complexity index is 262. The molecule has 1 rings (SSSR count). The lowest BCUT2D eigenvalue weighted by atomic mass is 9.86. The van der Waals surface area contributed by atoms with E-state index >= 15 is 0 Å². The van der Waals surface area contributed by atoms with Crippen molar-refractivity contribution in [2.45, 2.75) is 25.2 Å². The van der Waals surface area contributed by atoms with Gasteiger partial charge in [0.25, 0.3) is 0 Å². The van der Waals surface area contributed by atoms with Crippen LogP contribution in [0.4, 0.5) is 26.3 Å². The molecule has 1 aliphatic heterocycles. The van der Waals surface area contributed by atoms with Crippen molar-refractivity contribution in [2.24, 2.45) is 11.8 Å². The SMILES string of the molecule is O=C(C1CCOCC1)C(C(F)(F)F)C(F)(F)F. The van der Waals surface area contributed by atoms with Gasteiger partial charge in [-0.3, -0.25) is 4.79 Å². The molecule has 100 valence electrons. The second-order valence-corrected chi connectivity index (χ2v) is 3.81. The second kappa shape index (κ2) is 4.83. The molecule has 0 atom stereocenters. The molecule has 1 heterocycles. The highest BCUT2D eigenvalue weighted by Crippen LogP contribution is 2.42. The van der Waals surface area contributed by atoms with Gasteiger partial charge in [-0.25, -0.2) is 0 Å². The summed E-state index contributed by atoms with van der Waals surface area (Å²) >= 11 is 0. The summed E-state index contributed by atoms with van der Waals surface area (Å²) in [5.41, 5.74) is 0. The van der Waals surface area contributed by atoms with E-state index in [1.807, 2.05) is 0 Å². The monoisotopic (exact) mass is 264 g/mol. The number of hydrogen-bond acceptors (Lipinski definition) is 2. The number of carbonyl (C=O) groups excluding carboxylic acids is 1. The van der Waals surface area contributed by atoms with Gasteiger partial charge >= 0.3 is 12.4 Å². The Morgan fingerprint density at radius 1 is 1.00 bits per heavy atom. The Morgan fingerprint density at radius 2 is 1.41 bits per heavy atom. The van der Waals surface area contributed by atoms with E-state index in [-0.39, 0.29) is 26.1 Å². The van der Waals surface area contributed by atoms with E-state index in [4.69, 9.17) is 4.74 Å². The zero-order valence-corrected chi connectivity index (χ0v) is 8.57. The van der Waals surface area contributed by atoms with Gasteiger partial charge in [-0.1, -0.05) is 0 Å². The lowest BCUT2D eigenvalue weighted by Gasteiger charge is -2.28. The first-order valence-electron chi connectivity index (χ1n) is 4.89. The molecule has 0 N–H and O–H groups in total. The molecule has 0 aromatic heterocycles. The fourth-order valence-corrected chi connectivity index (χ4v) is 1.73. The molecule has 0 aromatic rings. The van der Waals surface area contributed by atoms with E-state index in [9.17, 15) is 31.1 Å². The van der Waals surface area contributed by atoms with E-state index in [1.54, 1.807) is 0 Å². The third-order valence-corrected chi connectivity index (χ3v) is 2.56. The van der Waals surface area contributed by atoms with Crippen LogP contribution < -0.4 is 0 Å². The fraction of sp³-hybridized carbons (Fsp3) is 0.889. The van der Waals surface area contributed by atoms with E-state index in [1.165, 1.54) is 0 Å². The van der Waals surface area contributed by atoms with E-state index in [2.05, 4.69) is 0 Å². The molecule has 0 spiro atoms. The van der Waals surface area contributed by atoms with Crippen molar-refractivity contribution in [1.82, 2.24) is 0 Å². The molecule has 0 saturated carbocycles. The minimum absolute atomic E-state index is 0.0127. The zero-order valence-electron chi connectivity index (χ0n) is 8.57. The van der Waals surface area contributed by atoms with Gasteiger partial charge in [0.15, 0.2) is 5.78 Å². The summed E-state index contributed by atoms with van der Waals surface area (Å²) in [4.78, 5) is 11.3. The van der Waals surface area contributed by atoms with Crippen molar-refractivity contribution in [1.29, 1.82) is 0 Å². The molecule has 0 aliphatic carbocycles. The molecule has 1 saturated heterocycles. The molecule has 0 unspecified atom stereocenters. The van der Waals surface area contributed by atoms with Crippen molar-refractivity contribution in [3.8, 4) is 0 Å². The molecule has 0 amide bonds. The lowest BCUT2D eigenvalue weighted by Crippen LogP contribution is -2.45. The van der Waals surface area contributed by atoms with Crippen LogP contribution in [0.25, 0.3) is 0 Å². The summed E-state index contributed by atoms with van der Waals surface area (Å²) in [5.74, 6) is -6.90. The second-order valence-electron chi connectivity index (χ2n) is 3.81. The average Bonchev–Trinajstić information content (AvgIpc) is 2.14. The van der Waals surface area contributed by atoms with Crippen LogP contribution in [0, 0.1) is 11.8 Å². The first kappa shape index (κ1) is 14.3. The molecular formula is C9H10F6O2. The number of ether oxygens (including phenoxy) is 1. The first-order chi connectivity index (χ1) is 7.64. The minimum atomic E-state index is -5.59. The molecule has 0 radical (unpaired) electrons. The number of hydrogen-bond donors (Lipinski definition) is 0. The summed E-state index contributed by atoms with van der Waals surface area (Å²) in [6.07, 6.45) is -11.4. The number of carbonyl (C=O) groups is 1. The summed E-state index contributed by atoms with van der Waals surface area (Å²) < 4.78 is 78.3. The molecule has 0 bridgehead atoms. The van der Waals surface area contributed by atoms with Gasteiger partial charge in [-0.2, -0.15) is 26.3 Å². The number of rotatable bonds is 2. The van der Waals surface area contributed by atoms with Crippen LogP contribution in [0.2, 0.25) is 0 Å². The average molecular weight is 264 g/mol. The summed E-state index contributed by atoms with van der Waals surface area (Å²) in [7, 11) is 0. The van der Waals surface area contributed by atoms with E-state index in [0.717, 1.165) is 0 Å². The Kier molecular flexibility index (Phi) is 4.06. The van der Waals surface area contributed by atoms with Crippen LogP contribution in [0.5, 0.6) is 0 Å². The summed E-state index contributed by atoms with van der Waals surface area (Å²) in [5, 5.41) is 0. The van der Waals surface area contributed by atoms with Crippen LogP contribution >= 0.6 is 0 Å². The lowest BCUT2D eigenvalue weighted by molar-refractivity contribution is -0.275. The van der Waals surface area contributed by atoms with Crippen molar-refractivity contribution in [3.63, 3.8) is 0 Å². The normalized spacial score (nSPS) is 19.7. The highest BCUT2D eigenvalue weighted by atomic mass is 19.4. The van der Waals surface area contributed by atoms with Gasteiger partial charge in [0, 0.05) is 19.1 Å². The van der Waals surface area contributed by atoms with Gasteiger partial charge in [0.05, 0.1) is 0 Å². The maximum atomic E-state index is 12.2. The van der Waals surface area contributed by atoms with Crippen LogP contribution in [-0.4, -0.2) is 31.3 Å². The maximum Gasteiger partial charge on any atom is 0.407 e. The third kappa shape index (κ3) is 3.58.